The third kappa shape index (κ3) is 4.50. The van der Waals surface area contributed by atoms with Gasteiger partial charge < -0.3 is 10.1 Å². The van der Waals surface area contributed by atoms with Crippen molar-refractivity contribution < 1.29 is 14.3 Å². The van der Waals surface area contributed by atoms with E-state index in [0.717, 1.165) is 24.3 Å². The van der Waals surface area contributed by atoms with Crippen LogP contribution in [0.3, 0.4) is 0 Å². The molecule has 5 nitrogen and oxygen atoms in total. The molecule has 1 heterocycles. The van der Waals surface area contributed by atoms with E-state index in [-0.39, 0.29) is 12.5 Å². The van der Waals surface area contributed by atoms with E-state index in [9.17, 15) is 14.9 Å². The summed E-state index contributed by atoms with van der Waals surface area (Å²) in [4.78, 5) is 24.1. The summed E-state index contributed by atoms with van der Waals surface area (Å²) in [6.45, 7) is 1.33. The Morgan fingerprint density at radius 2 is 1.92 bits per heavy atom. The maximum absolute atomic E-state index is 12.1. The van der Waals surface area contributed by atoms with E-state index in [1.54, 1.807) is 19.1 Å². The van der Waals surface area contributed by atoms with Gasteiger partial charge in [-0.15, -0.1) is 23.5 Å². The van der Waals surface area contributed by atoms with Crippen LogP contribution >= 0.6 is 23.5 Å². The molecule has 1 saturated heterocycles. The number of rotatable bonds is 6. The molecule has 1 aliphatic carbocycles. The lowest BCUT2D eigenvalue weighted by Crippen LogP contribution is -2.48. The van der Waals surface area contributed by atoms with Crippen LogP contribution in [0.25, 0.3) is 0 Å². The second kappa shape index (κ2) is 7.71. The molecule has 0 aromatic heterocycles. The highest BCUT2D eigenvalue weighted by atomic mass is 32.2. The van der Waals surface area contributed by atoms with Gasteiger partial charge in [0.25, 0.3) is 5.91 Å². The Morgan fingerprint density at radius 3 is 2.48 bits per heavy atom. The summed E-state index contributed by atoms with van der Waals surface area (Å²) in [5.74, 6) is 1.52. The smallest absolute Gasteiger partial charge is 0.338 e. The van der Waals surface area contributed by atoms with Crippen LogP contribution < -0.4 is 5.32 Å². The van der Waals surface area contributed by atoms with E-state index < -0.39 is 17.4 Å². The van der Waals surface area contributed by atoms with Gasteiger partial charge in [-0.25, -0.2) is 4.79 Å². The van der Waals surface area contributed by atoms with Crippen molar-refractivity contribution in [3.63, 3.8) is 0 Å². The number of hydrogen-bond donors (Lipinski definition) is 1. The van der Waals surface area contributed by atoms with Gasteiger partial charge in [-0.1, -0.05) is 12.1 Å². The Bertz CT molecular complexity index is 691. The molecule has 132 valence electrons. The molecule has 0 radical (unpaired) electrons. The predicted molar refractivity (Wildman–Crippen MR) is 99.3 cm³/mol. The first-order valence-electron chi connectivity index (χ1n) is 8.24. The zero-order valence-corrected chi connectivity index (χ0v) is 15.6. The number of nitriles is 1. The zero-order chi connectivity index (χ0) is 17.9. The number of ether oxygens (including phenoxy) is 1. The minimum Gasteiger partial charge on any atom is -0.452 e. The summed E-state index contributed by atoms with van der Waals surface area (Å²) in [6, 6.07) is 9.49. The second-order valence-corrected chi connectivity index (χ2v) is 9.13. The molecule has 25 heavy (non-hydrogen) atoms. The lowest BCUT2D eigenvalue weighted by atomic mass is 9.98. The number of carbonyl (C=O) groups excluding carboxylic acids is 2. The molecule has 1 aromatic carbocycles. The fourth-order valence-corrected chi connectivity index (χ4v) is 5.61. The maximum Gasteiger partial charge on any atom is 0.338 e. The SMILES string of the molecule is C[C@@](C#N)(NC(=O)COC(=O)c1ccc(C2SCCS2)cc1)C1CC1. The van der Waals surface area contributed by atoms with Crippen LogP contribution in [0.5, 0.6) is 0 Å². The number of thioether (sulfide) groups is 2. The number of amides is 1. The second-order valence-electron chi connectivity index (χ2n) is 6.41. The predicted octanol–water partition coefficient (Wildman–Crippen LogP) is 3.13. The molecule has 1 aliphatic heterocycles. The Kier molecular flexibility index (Phi) is 5.60. The van der Waals surface area contributed by atoms with Crippen molar-refractivity contribution in [3.8, 4) is 6.07 Å². The first kappa shape index (κ1) is 18.2. The van der Waals surface area contributed by atoms with Crippen molar-refractivity contribution in [1.82, 2.24) is 5.32 Å². The lowest BCUT2D eigenvalue weighted by Gasteiger charge is -2.22. The van der Waals surface area contributed by atoms with Crippen molar-refractivity contribution in [2.75, 3.05) is 18.1 Å². The third-order valence-corrected chi connectivity index (χ3v) is 7.50. The molecule has 1 saturated carbocycles. The quantitative estimate of drug-likeness (QED) is 0.769. The van der Waals surface area contributed by atoms with Crippen LogP contribution in [0.1, 0.15) is 40.3 Å². The normalized spacial score (nSPS) is 19.7. The van der Waals surface area contributed by atoms with E-state index in [0.29, 0.717) is 10.1 Å². The van der Waals surface area contributed by atoms with Gasteiger partial charge in [-0.05, 0) is 43.4 Å². The van der Waals surface area contributed by atoms with E-state index in [4.69, 9.17) is 4.74 Å². The van der Waals surface area contributed by atoms with Crippen molar-refractivity contribution in [2.45, 2.75) is 29.9 Å². The number of esters is 1. The van der Waals surface area contributed by atoms with Crippen LogP contribution in [0.15, 0.2) is 24.3 Å². The molecule has 1 N–H and O–H groups in total. The van der Waals surface area contributed by atoms with E-state index in [1.165, 1.54) is 5.56 Å². The molecule has 7 heteroatoms. The summed E-state index contributed by atoms with van der Waals surface area (Å²) < 4.78 is 5.51. The van der Waals surface area contributed by atoms with Gasteiger partial charge in [0.15, 0.2) is 6.61 Å². The lowest BCUT2D eigenvalue weighted by molar-refractivity contribution is -0.125. The molecule has 1 atom stereocenters. The Hall–Kier alpha value is -1.65. The van der Waals surface area contributed by atoms with Gasteiger partial charge in [0.2, 0.25) is 0 Å². The van der Waals surface area contributed by atoms with Crippen molar-refractivity contribution in [3.05, 3.63) is 35.4 Å². The van der Waals surface area contributed by atoms with Crippen LogP contribution in [0.2, 0.25) is 0 Å². The van der Waals surface area contributed by atoms with Crippen LogP contribution in [-0.4, -0.2) is 35.5 Å². The zero-order valence-electron chi connectivity index (χ0n) is 14.0. The van der Waals surface area contributed by atoms with Gasteiger partial charge in [-0.3, -0.25) is 4.79 Å². The number of carbonyl (C=O) groups is 2. The maximum atomic E-state index is 12.1. The highest BCUT2D eigenvalue weighted by Crippen LogP contribution is 2.45. The largest absolute Gasteiger partial charge is 0.452 e. The van der Waals surface area contributed by atoms with E-state index in [1.807, 2.05) is 35.7 Å². The van der Waals surface area contributed by atoms with Crippen LogP contribution in [0.4, 0.5) is 0 Å². The number of nitrogens with one attached hydrogen (secondary N) is 1. The molecule has 0 spiro atoms. The molecule has 2 fully saturated rings. The molecular weight excluding hydrogens is 356 g/mol. The summed E-state index contributed by atoms with van der Waals surface area (Å²) in [6.07, 6.45) is 1.88. The molecule has 0 unspecified atom stereocenters. The molecule has 0 bridgehead atoms. The topological polar surface area (TPSA) is 79.2 Å². The summed E-state index contributed by atoms with van der Waals surface area (Å²) in [7, 11) is 0. The molecule has 3 rings (SSSR count). The minimum absolute atomic E-state index is 0.191. The van der Waals surface area contributed by atoms with Crippen molar-refractivity contribution in [1.29, 1.82) is 5.26 Å². The highest BCUT2D eigenvalue weighted by molar-refractivity contribution is 8.19. The van der Waals surface area contributed by atoms with Gasteiger partial charge in [0, 0.05) is 11.5 Å². The molecule has 1 aromatic rings. The van der Waals surface area contributed by atoms with E-state index in [2.05, 4.69) is 11.4 Å². The van der Waals surface area contributed by atoms with Crippen molar-refractivity contribution >= 4 is 35.4 Å². The Labute approximate surface area is 155 Å². The fraction of sp³-hybridized carbons (Fsp3) is 0.500. The van der Waals surface area contributed by atoms with Crippen LogP contribution in [0, 0.1) is 17.2 Å². The standard InChI is InChI=1S/C18H20N2O3S2/c1-18(11-19,14-6-7-14)20-15(21)10-23-16(22)12-2-4-13(5-3-12)17-24-8-9-25-17/h2-5,14,17H,6-10H2,1H3,(H,20,21)/t18-/m0/s1. The molecule has 1 amide bonds. The highest BCUT2D eigenvalue weighted by Gasteiger charge is 2.43. The molecule has 2 aliphatic rings. The van der Waals surface area contributed by atoms with Crippen LogP contribution in [-0.2, 0) is 9.53 Å². The molecular formula is C18H20N2O3S2. The fourth-order valence-electron chi connectivity index (χ4n) is 2.75. The van der Waals surface area contributed by atoms with Gasteiger partial charge in [0.05, 0.1) is 16.2 Å². The average Bonchev–Trinajstić information content (AvgIpc) is 3.35. The average molecular weight is 377 g/mol. The minimum atomic E-state index is -0.873. The van der Waals surface area contributed by atoms with Crippen molar-refractivity contribution in [2.24, 2.45) is 5.92 Å². The monoisotopic (exact) mass is 376 g/mol. The number of hydrogen-bond acceptors (Lipinski definition) is 6. The summed E-state index contributed by atoms with van der Waals surface area (Å²) in [5.41, 5.74) is 0.743. The Morgan fingerprint density at radius 1 is 1.28 bits per heavy atom. The summed E-state index contributed by atoms with van der Waals surface area (Å²) >= 11 is 3.81. The first-order valence-corrected chi connectivity index (χ1v) is 10.3. The third-order valence-electron chi connectivity index (χ3n) is 4.40. The van der Waals surface area contributed by atoms with E-state index >= 15 is 0 Å². The van der Waals surface area contributed by atoms with Gasteiger partial charge in [-0.2, -0.15) is 5.26 Å². The van der Waals surface area contributed by atoms with Gasteiger partial charge in [0.1, 0.15) is 5.54 Å². The first-order chi connectivity index (χ1) is 12.0. The Balaban J connectivity index is 1.50. The summed E-state index contributed by atoms with van der Waals surface area (Å²) in [5, 5.41) is 11.9. The van der Waals surface area contributed by atoms with Gasteiger partial charge >= 0.3 is 5.97 Å². The number of benzene rings is 1. The number of nitrogens with zero attached hydrogens (tertiary/aromatic N) is 1.